The second-order valence-corrected chi connectivity index (χ2v) is 7.73. The van der Waals surface area contributed by atoms with Crippen molar-refractivity contribution in [2.45, 2.75) is 51.1 Å². The van der Waals surface area contributed by atoms with E-state index in [4.69, 9.17) is 5.73 Å². The zero-order chi connectivity index (χ0) is 16.8. The Balaban J connectivity index is 0.00000182. The van der Waals surface area contributed by atoms with Gasteiger partial charge in [0.1, 0.15) is 11.6 Å². The fraction of sp³-hybridized carbons (Fsp3) is 0.632. The molecule has 0 aromatic heterocycles. The van der Waals surface area contributed by atoms with Gasteiger partial charge in [-0.1, -0.05) is 6.42 Å². The molecule has 2 saturated carbocycles. The standard InChI is InChI=1S/C19H24F2N2O.ClH/c20-15-8-14-10-23(5-4-16(14)17(21)9-15)19(24)13-6-11-2-1-3-12(7-13)18(11)22;/h8-9,11-13,18H,1-7,10,22H2;1H. The zero-order valence-electron chi connectivity index (χ0n) is 14.2. The highest BCUT2D eigenvalue weighted by Crippen LogP contribution is 2.42. The van der Waals surface area contributed by atoms with Crippen LogP contribution in [0.1, 0.15) is 43.2 Å². The molecule has 1 amide bonds. The Hall–Kier alpha value is -1.20. The van der Waals surface area contributed by atoms with E-state index in [0.29, 0.717) is 42.5 Å². The average Bonchev–Trinajstić information content (AvgIpc) is 2.53. The maximum absolute atomic E-state index is 13.9. The summed E-state index contributed by atoms with van der Waals surface area (Å²) in [6.45, 7) is 0.840. The molecule has 0 radical (unpaired) electrons. The van der Waals surface area contributed by atoms with E-state index >= 15 is 0 Å². The van der Waals surface area contributed by atoms with Crippen molar-refractivity contribution < 1.29 is 13.6 Å². The SMILES string of the molecule is Cl.NC1C2CCCC1CC(C(=O)N1CCc3c(F)cc(F)cc3C1)C2. The monoisotopic (exact) mass is 370 g/mol. The van der Waals surface area contributed by atoms with Crippen LogP contribution in [0.15, 0.2) is 12.1 Å². The van der Waals surface area contributed by atoms with Crippen LogP contribution in [0.2, 0.25) is 0 Å². The summed E-state index contributed by atoms with van der Waals surface area (Å²) in [4.78, 5) is 14.8. The summed E-state index contributed by atoms with van der Waals surface area (Å²) >= 11 is 0. The molecule has 138 valence electrons. The van der Waals surface area contributed by atoms with Crippen LogP contribution < -0.4 is 5.73 Å². The van der Waals surface area contributed by atoms with Gasteiger partial charge in [-0.2, -0.15) is 0 Å². The molecule has 1 heterocycles. The van der Waals surface area contributed by atoms with E-state index in [1.54, 1.807) is 4.90 Å². The average molecular weight is 371 g/mol. The van der Waals surface area contributed by atoms with Crippen LogP contribution in [0, 0.1) is 29.4 Å². The minimum absolute atomic E-state index is 0. The molecule has 25 heavy (non-hydrogen) atoms. The van der Waals surface area contributed by atoms with Gasteiger partial charge in [0.2, 0.25) is 5.91 Å². The van der Waals surface area contributed by atoms with Gasteiger partial charge in [0, 0.05) is 31.1 Å². The third kappa shape index (κ3) is 3.41. The maximum atomic E-state index is 13.9. The normalized spacial score (nSPS) is 31.1. The second-order valence-electron chi connectivity index (χ2n) is 7.73. The molecule has 3 aliphatic rings. The van der Waals surface area contributed by atoms with Crippen LogP contribution >= 0.6 is 12.4 Å². The number of benzene rings is 1. The first-order valence-corrected chi connectivity index (χ1v) is 9.04. The molecule has 3 nitrogen and oxygen atoms in total. The first kappa shape index (κ1) is 18.6. The van der Waals surface area contributed by atoms with Gasteiger partial charge < -0.3 is 10.6 Å². The van der Waals surface area contributed by atoms with Crippen LogP contribution in [0.4, 0.5) is 8.78 Å². The minimum atomic E-state index is -0.571. The second kappa shape index (κ2) is 7.20. The lowest BCUT2D eigenvalue weighted by Crippen LogP contribution is -2.50. The number of carbonyl (C=O) groups is 1. The Morgan fingerprint density at radius 1 is 1.16 bits per heavy atom. The van der Waals surface area contributed by atoms with Crippen molar-refractivity contribution in [1.82, 2.24) is 4.90 Å². The van der Waals surface area contributed by atoms with E-state index in [9.17, 15) is 13.6 Å². The molecular weight excluding hydrogens is 346 g/mol. The Labute approximate surface area is 153 Å². The van der Waals surface area contributed by atoms with Gasteiger partial charge in [-0.25, -0.2) is 8.78 Å². The van der Waals surface area contributed by atoms with E-state index in [0.717, 1.165) is 31.7 Å². The highest BCUT2D eigenvalue weighted by atomic mass is 35.5. The van der Waals surface area contributed by atoms with E-state index in [-0.39, 0.29) is 30.3 Å². The molecule has 2 unspecified atom stereocenters. The number of halogens is 3. The van der Waals surface area contributed by atoms with Crippen LogP contribution in [-0.2, 0) is 17.8 Å². The predicted octanol–water partition coefficient (Wildman–Crippen LogP) is 3.42. The first-order valence-electron chi connectivity index (χ1n) is 9.04. The van der Waals surface area contributed by atoms with Crippen molar-refractivity contribution in [1.29, 1.82) is 0 Å². The molecule has 2 aliphatic carbocycles. The fourth-order valence-electron chi connectivity index (χ4n) is 5.05. The summed E-state index contributed by atoms with van der Waals surface area (Å²) in [5.41, 5.74) is 7.48. The number of carbonyl (C=O) groups excluding carboxylic acids is 1. The highest BCUT2D eigenvalue weighted by molar-refractivity contribution is 5.85. The molecule has 1 aliphatic heterocycles. The Bertz CT molecular complexity index is 655. The molecule has 2 fully saturated rings. The van der Waals surface area contributed by atoms with Gasteiger partial charge in [0.25, 0.3) is 0 Å². The molecule has 6 heteroatoms. The number of nitrogens with zero attached hydrogens (tertiary/aromatic N) is 1. The minimum Gasteiger partial charge on any atom is -0.338 e. The molecule has 2 bridgehead atoms. The smallest absolute Gasteiger partial charge is 0.226 e. The van der Waals surface area contributed by atoms with E-state index in [1.165, 1.54) is 12.5 Å². The topological polar surface area (TPSA) is 46.3 Å². The van der Waals surface area contributed by atoms with Crippen molar-refractivity contribution in [3.8, 4) is 0 Å². The van der Waals surface area contributed by atoms with Gasteiger partial charge in [0.15, 0.2) is 0 Å². The zero-order valence-corrected chi connectivity index (χ0v) is 15.0. The summed E-state index contributed by atoms with van der Waals surface area (Å²) in [5, 5.41) is 0. The summed E-state index contributed by atoms with van der Waals surface area (Å²) < 4.78 is 27.3. The Morgan fingerprint density at radius 3 is 2.52 bits per heavy atom. The van der Waals surface area contributed by atoms with E-state index in [2.05, 4.69) is 0 Å². The summed E-state index contributed by atoms with van der Waals surface area (Å²) in [6.07, 6.45) is 5.68. The number of amides is 1. The predicted molar refractivity (Wildman–Crippen MR) is 94.3 cm³/mol. The third-order valence-corrected chi connectivity index (χ3v) is 6.32. The summed E-state index contributed by atoms with van der Waals surface area (Å²) in [5.74, 6) is 0.0278. The van der Waals surface area contributed by atoms with Gasteiger partial charge in [-0.3, -0.25) is 4.79 Å². The number of fused-ring (bicyclic) bond motifs is 3. The van der Waals surface area contributed by atoms with Gasteiger partial charge in [0.05, 0.1) is 0 Å². The number of rotatable bonds is 1. The van der Waals surface area contributed by atoms with Crippen molar-refractivity contribution in [2.24, 2.45) is 23.5 Å². The molecule has 0 spiro atoms. The van der Waals surface area contributed by atoms with Crippen molar-refractivity contribution in [3.05, 3.63) is 34.9 Å². The lowest BCUT2D eigenvalue weighted by atomic mass is 9.65. The molecule has 4 rings (SSSR count). The highest BCUT2D eigenvalue weighted by Gasteiger charge is 2.42. The molecule has 0 saturated heterocycles. The van der Waals surface area contributed by atoms with Crippen LogP contribution in [-0.4, -0.2) is 23.4 Å². The third-order valence-electron chi connectivity index (χ3n) is 6.32. The fourth-order valence-corrected chi connectivity index (χ4v) is 5.05. The Kier molecular flexibility index (Phi) is 5.35. The summed E-state index contributed by atoms with van der Waals surface area (Å²) in [7, 11) is 0. The molecule has 2 atom stereocenters. The van der Waals surface area contributed by atoms with Crippen LogP contribution in [0.5, 0.6) is 0 Å². The largest absolute Gasteiger partial charge is 0.338 e. The molecule has 1 aromatic rings. The van der Waals surface area contributed by atoms with Crippen molar-refractivity contribution in [2.75, 3.05) is 6.54 Å². The Morgan fingerprint density at radius 2 is 1.84 bits per heavy atom. The summed E-state index contributed by atoms with van der Waals surface area (Å²) in [6, 6.07) is 2.54. The van der Waals surface area contributed by atoms with Gasteiger partial charge in [-0.05, 0) is 61.1 Å². The van der Waals surface area contributed by atoms with Crippen LogP contribution in [0.3, 0.4) is 0 Å². The van der Waals surface area contributed by atoms with Crippen molar-refractivity contribution >= 4 is 18.3 Å². The van der Waals surface area contributed by atoms with E-state index < -0.39 is 11.6 Å². The number of nitrogens with two attached hydrogens (primary N) is 1. The molecular formula is C19H25ClF2N2O. The number of hydrogen-bond donors (Lipinski definition) is 1. The molecule has 2 N–H and O–H groups in total. The first-order chi connectivity index (χ1) is 11.5. The van der Waals surface area contributed by atoms with Crippen molar-refractivity contribution in [3.63, 3.8) is 0 Å². The number of hydrogen-bond acceptors (Lipinski definition) is 2. The van der Waals surface area contributed by atoms with Gasteiger partial charge in [-0.15, -0.1) is 12.4 Å². The van der Waals surface area contributed by atoms with E-state index in [1.807, 2.05) is 0 Å². The quantitative estimate of drug-likeness (QED) is 0.823. The lowest BCUT2D eigenvalue weighted by Gasteiger charge is -2.45. The lowest BCUT2D eigenvalue weighted by molar-refractivity contribution is -0.139. The maximum Gasteiger partial charge on any atom is 0.226 e. The van der Waals surface area contributed by atoms with Crippen LogP contribution in [0.25, 0.3) is 0 Å². The van der Waals surface area contributed by atoms with Gasteiger partial charge >= 0.3 is 0 Å². The molecule has 1 aromatic carbocycles.